The van der Waals surface area contributed by atoms with Crippen molar-refractivity contribution in [2.75, 3.05) is 19.7 Å². The van der Waals surface area contributed by atoms with Gasteiger partial charge in [0, 0.05) is 17.6 Å². The predicted octanol–water partition coefficient (Wildman–Crippen LogP) is 2.71. The fraction of sp³-hybridized carbons (Fsp3) is 0.500. The van der Waals surface area contributed by atoms with Gasteiger partial charge < -0.3 is 14.7 Å². The monoisotopic (exact) mass is 361 g/mol. The number of benzene rings is 1. The summed E-state index contributed by atoms with van der Waals surface area (Å²) in [5, 5.41) is 9.72. The molecule has 4 nitrogen and oxygen atoms in total. The Hall–Kier alpha value is -0.620. The Morgan fingerprint density at radius 2 is 2.30 bits per heavy atom. The van der Waals surface area contributed by atoms with Gasteiger partial charge in [-0.05, 0) is 32.0 Å². The summed E-state index contributed by atoms with van der Waals surface area (Å²) in [7, 11) is 0. The Morgan fingerprint density at radius 3 is 2.95 bits per heavy atom. The Kier molecular flexibility index (Phi) is 4.74. The summed E-state index contributed by atoms with van der Waals surface area (Å²) in [6.45, 7) is 4.52. The van der Waals surface area contributed by atoms with Crippen LogP contribution in [-0.4, -0.2) is 47.3 Å². The zero-order valence-electron chi connectivity index (χ0n) is 11.4. The van der Waals surface area contributed by atoms with E-state index in [1.165, 1.54) is 0 Å². The first kappa shape index (κ1) is 15.8. The second-order valence-electron chi connectivity index (χ2n) is 5.49. The molecule has 0 bridgehead atoms. The van der Waals surface area contributed by atoms with Gasteiger partial charge in [0.1, 0.15) is 0 Å². The molecule has 1 atom stereocenters. The van der Waals surface area contributed by atoms with Gasteiger partial charge in [0.05, 0.1) is 28.9 Å². The second kappa shape index (κ2) is 6.02. The molecule has 1 amide bonds. The standard InChI is InChI=1S/C14H17BrClNO3/c1-14(2)8-17(6-10(7-18)20-14)13(19)11-5-9(15)3-4-12(11)16/h3-5,10,18H,6-8H2,1-2H3. The maximum Gasteiger partial charge on any atom is 0.255 e. The van der Waals surface area contributed by atoms with Crippen LogP contribution in [0.1, 0.15) is 24.2 Å². The molecule has 0 radical (unpaired) electrons. The van der Waals surface area contributed by atoms with Crippen LogP contribution < -0.4 is 0 Å². The maximum absolute atomic E-state index is 12.6. The molecule has 0 aromatic heterocycles. The van der Waals surface area contributed by atoms with Crippen molar-refractivity contribution in [3.05, 3.63) is 33.3 Å². The zero-order chi connectivity index (χ0) is 14.9. The highest BCUT2D eigenvalue weighted by Gasteiger charge is 2.36. The third-order valence-electron chi connectivity index (χ3n) is 3.13. The largest absolute Gasteiger partial charge is 0.394 e. The molecular formula is C14H17BrClNO3. The number of carbonyl (C=O) groups is 1. The van der Waals surface area contributed by atoms with Gasteiger partial charge in [-0.2, -0.15) is 0 Å². The number of aliphatic hydroxyl groups is 1. The highest BCUT2D eigenvalue weighted by molar-refractivity contribution is 9.10. The summed E-state index contributed by atoms with van der Waals surface area (Å²) in [6.07, 6.45) is -0.367. The number of carbonyl (C=O) groups excluding carboxylic acids is 1. The van der Waals surface area contributed by atoms with Crippen LogP contribution in [0.4, 0.5) is 0 Å². The van der Waals surface area contributed by atoms with E-state index in [4.69, 9.17) is 16.3 Å². The summed E-state index contributed by atoms with van der Waals surface area (Å²) in [4.78, 5) is 14.3. The Morgan fingerprint density at radius 1 is 1.60 bits per heavy atom. The smallest absolute Gasteiger partial charge is 0.255 e. The van der Waals surface area contributed by atoms with Gasteiger partial charge in [-0.3, -0.25) is 4.79 Å². The van der Waals surface area contributed by atoms with Crippen molar-refractivity contribution < 1.29 is 14.6 Å². The van der Waals surface area contributed by atoms with Crippen molar-refractivity contribution in [2.45, 2.75) is 25.6 Å². The number of hydrogen-bond donors (Lipinski definition) is 1. The van der Waals surface area contributed by atoms with E-state index in [1.54, 1.807) is 23.1 Å². The van der Waals surface area contributed by atoms with Crippen LogP contribution in [0.25, 0.3) is 0 Å². The van der Waals surface area contributed by atoms with Gasteiger partial charge in [-0.1, -0.05) is 27.5 Å². The Bertz CT molecular complexity index is 521. The Balaban J connectivity index is 2.25. The number of halogens is 2. The van der Waals surface area contributed by atoms with E-state index in [-0.39, 0.29) is 18.6 Å². The second-order valence-corrected chi connectivity index (χ2v) is 6.81. The van der Waals surface area contributed by atoms with Gasteiger partial charge >= 0.3 is 0 Å². The van der Waals surface area contributed by atoms with Gasteiger partial charge in [0.15, 0.2) is 0 Å². The molecule has 110 valence electrons. The fourth-order valence-electron chi connectivity index (χ4n) is 2.38. The number of morpholine rings is 1. The average Bonchev–Trinajstić information content (AvgIpc) is 2.38. The van der Waals surface area contributed by atoms with E-state index in [2.05, 4.69) is 15.9 Å². The maximum atomic E-state index is 12.6. The third-order valence-corrected chi connectivity index (χ3v) is 3.95. The molecule has 1 aromatic carbocycles. The van der Waals surface area contributed by atoms with Gasteiger partial charge in [0.2, 0.25) is 0 Å². The topological polar surface area (TPSA) is 49.8 Å². The molecule has 1 heterocycles. The minimum atomic E-state index is -0.486. The van der Waals surface area contributed by atoms with Crippen molar-refractivity contribution in [1.29, 1.82) is 0 Å². The van der Waals surface area contributed by atoms with Crippen LogP contribution in [0.15, 0.2) is 22.7 Å². The van der Waals surface area contributed by atoms with Crippen molar-refractivity contribution >= 4 is 33.4 Å². The summed E-state index contributed by atoms with van der Waals surface area (Å²) >= 11 is 9.45. The van der Waals surface area contributed by atoms with E-state index in [0.717, 1.165) is 4.47 Å². The molecule has 20 heavy (non-hydrogen) atoms. The quantitative estimate of drug-likeness (QED) is 0.880. The summed E-state index contributed by atoms with van der Waals surface area (Å²) in [6, 6.07) is 5.19. The number of amides is 1. The molecule has 1 unspecified atom stereocenters. The molecule has 0 spiro atoms. The van der Waals surface area contributed by atoms with Gasteiger partial charge in [-0.15, -0.1) is 0 Å². The lowest BCUT2D eigenvalue weighted by molar-refractivity contribution is -0.139. The van der Waals surface area contributed by atoms with Crippen molar-refractivity contribution in [1.82, 2.24) is 4.90 Å². The molecule has 6 heteroatoms. The van der Waals surface area contributed by atoms with E-state index in [1.807, 2.05) is 13.8 Å². The summed E-state index contributed by atoms with van der Waals surface area (Å²) in [5.74, 6) is -0.147. The van der Waals surface area contributed by atoms with E-state index in [9.17, 15) is 9.90 Å². The number of hydrogen-bond acceptors (Lipinski definition) is 3. The number of ether oxygens (including phenoxy) is 1. The van der Waals surface area contributed by atoms with Crippen molar-refractivity contribution in [3.8, 4) is 0 Å². The normalized spacial score (nSPS) is 21.9. The molecule has 1 aliphatic rings. The van der Waals surface area contributed by atoms with E-state index < -0.39 is 5.60 Å². The number of rotatable bonds is 2. The molecule has 0 aliphatic carbocycles. The highest BCUT2D eigenvalue weighted by Crippen LogP contribution is 2.26. The van der Waals surface area contributed by atoms with Crippen LogP contribution in [0.2, 0.25) is 5.02 Å². The predicted molar refractivity (Wildman–Crippen MR) is 81.1 cm³/mol. The van der Waals surface area contributed by atoms with Gasteiger partial charge in [-0.25, -0.2) is 0 Å². The molecule has 0 saturated carbocycles. The molecule has 2 rings (SSSR count). The lowest BCUT2D eigenvalue weighted by Gasteiger charge is -2.42. The van der Waals surface area contributed by atoms with Crippen LogP contribution in [0.5, 0.6) is 0 Å². The lowest BCUT2D eigenvalue weighted by atomic mass is 10.0. The number of aliphatic hydroxyl groups excluding tert-OH is 1. The molecule has 1 aliphatic heterocycles. The van der Waals surface area contributed by atoms with E-state index in [0.29, 0.717) is 23.7 Å². The first-order chi connectivity index (χ1) is 9.32. The molecule has 1 N–H and O–H groups in total. The molecule has 1 fully saturated rings. The molecular weight excluding hydrogens is 346 g/mol. The SMILES string of the molecule is CC1(C)CN(C(=O)c2cc(Br)ccc2Cl)CC(CO)O1. The molecule has 1 saturated heterocycles. The fourth-order valence-corrected chi connectivity index (χ4v) is 2.94. The van der Waals surface area contributed by atoms with E-state index >= 15 is 0 Å². The zero-order valence-corrected chi connectivity index (χ0v) is 13.7. The van der Waals surface area contributed by atoms with Crippen molar-refractivity contribution in [3.63, 3.8) is 0 Å². The minimum absolute atomic E-state index is 0.112. The lowest BCUT2D eigenvalue weighted by Crippen LogP contribution is -2.55. The summed E-state index contributed by atoms with van der Waals surface area (Å²) in [5.41, 5.74) is -0.0322. The summed E-state index contributed by atoms with van der Waals surface area (Å²) < 4.78 is 6.51. The molecule has 1 aromatic rings. The van der Waals surface area contributed by atoms with Crippen LogP contribution in [0, 0.1) is 0 Å². The highest BCUT2D eigenvalue weighted by atomic mass is 79.9. The minimum Gasteiger partial charge on any atom is -0.394 e. The average molecular weight is 363 g/mol. The van der Waals surface area contributed by atoms with Gasteiger partial charge in [0.25, 0.3) is 5.91 Å². The van der Waals surface area contributed by atoms with Crippen molar-refractivity contribution in [2.24, 2.45) is 0 Å². The van der Waals surface area contributed by atoms with Crippen LogP contribution in [0.3, 0.4) is 0 Å². The van der Waals surface area contributed by atoms with Crippen LogP contribution in [-0.2, 0) is 4.74 Å². The number of nitrogens with zero attached hydrogens (tertiary/aromatic N) is 1. The first-order valence-corrected chi connectivity index (χ1v) is 7.52. The Labute approximate surface area is 131 Å². The van der Waals surface area contributed by atoms with Crippen LogP contribution >= 0.6 is 27.5 Å². The first-order valence-electron chi connectivity index (χ1n) is 6.35. The third kappa shape index (κ3) is 3.52.